The molecule has 1 rings (SSSR count). The molecule has 0 aromatic carbocycles. The summed E-state index contributed by atoms with van der Waals surface area (Å²) in [6, 6.07) is 1.38. The first-order valence-corrected chi connectivity index (χ1v) is 6.48. The molecule has 1 amide bonds. The van der Waals surface area contributed by atoms with Crippen LogP contribution in [0.5, 0.6) is 0 Å². The summed E-state index contributed by atoms with van der Waals surface area (Å²) in [7, 11) is 0. The van der Waals surface area contributed by atoms with Gasteiger partial charge in [-0.1, -0.05) is 0 Å². The topological polar surface area (TPSA) is 66.4 Å². The molecule has 0 bridgehead atoms. The molecule has 19 heavy (non-hydrogen) atoms. The summed E-state index contributed by atoms with van der Waals surface area (Å²) in [5, 5.41) is 10.2. The van der Waals surface area contributed by atoms with Gasteiger partial charge in [0.25, 0.3) is 5.91 Å². The lowest BCUT2D eigenvalue weighted by atomic mass is 10.0. The lowest BCUT2D eigenvalue weighted by Crippen LogP contribution is -2.61. The number of carbonyl (C=O) groups excluding carboxylic acids is 1. The van der Waals surface area contributed by atoms with Crippen molar-refractivity contribution in [2.24, 2.45) is 0 Å². The SMILES string of the molecule is Cc1cc(C(=O)NC(C)(C(=O)O)C(F)(F)F)sc1Br. The molecule has 0 radical (unpaired) electrons. The molecule has 0 aliphatic rings. The second-order valence-corrected chi connectivity index (χ2v) is 6.32. The second kappa shape index (κ2) is 5.12. The molecule has 1 heterocycles. The first-order valence-electron chi connectivity index (χ1n) is 4.87. The van der Waals surface area contributed by atoms with Crippen LogP contribution in [0.3, 0.4) is 0 Å². The van der Waals surface area contributed by atoms with Crippen LogP contribution in [0.15, 0.2) is 9.85 Å². The fourth-order valence-corrected chi connectivity index (χ4v) is 2.54. The van der Waals surface area contributed by atoms with Crippen molar-refractivity contribution in [2.45, 2.75) is 25.6 Å². The van der Waals surface area contributed by atoms with E-state index < -0.39 is 23.6 Å². The Balaban J connectivity index is 3.05. The number of hydrogen-bond acceptors (Lipinski definition) is 3. The van der Waals surface area contributed by atoms with E-state index in [9.17, 15) is 22.8 Å². The van der Waals surface area contributed by atoms with Gasteiger partial charge in [0.05, 0.1) is 8.66 Å². The fraction of sp³-hybridized carbons (Fsp3) is 0.400. The predicted molar refractivity (Wildman–Crippen MR) is 66.3 cm³/mol. The highest BCUT2D eigenvalue weighted by Gasteiger charge is 2.58. The van der Waals surface area contributed by atoms with Gasteiger partial charge in [0.1, 0.15) is 0 Å². The minimum Gasteiger partial charge on any atom is -0.479 e. The molecule has 1 unspecified atom stereocenters. The number of alkyl halides is 3. The van der Waals surface area contributed by atoms with Crippen LogP contribution in [-0.4, -0.2) is 28.7 Å². The molecule has 106 valence electrons. The predicted octanol–water partition coefficient (Wildman–Crippen LogP) is 2.95. The Bertz CT molecular complexity index is 509. The van der Waals surface area contributed by atoms with E-state index in [-0.39, 0.29) is 4.88 Å². The van der Waals surface area contributed by atoms with Gasteiger partial charge in [0, 0.05) is 0 Å². The molecule has 1 atom stereocenters. The quantitative estimate of drug-likeness (QED) is 0.871. The van der Waals surface area contributed by atoms with Crippen molar-refractivity contribution >= 4 is 39.1 Å². The summed E-state index contributed by atoms with van der Waals surface area (Å²) < 4.78 is 38.7. The monoisotopic (exact) mass is 359 g/mol. The number of rotatable bonds is 3. The number of carboxylic acid groups (broad SMARTS) is 1. The Kier molecular flexibility index (Phi) is 4.30. The minimum atomic E-state index is -5.10. The molecule has 0 aliphatic heterocycles. The third-order valence-corrected chi connectivity index (χ3v) is 4.57. The minimum absolute atomic E-state index is 0.00102. The van der Waals surface area contributed by atoms with Crippen molar-refractivity contribution in [2.75, 3.05) is 0 Å². The van der Waals surface area contributed by atoms with Crippen molar-refractivity contribution in [3.8, 4) is 0 Å². The van der Waals surface area contributed by atoms with Crippen LogP contribution in [-0.2, 0) is 4.79 Å². The van der Waals surface area contributed by atoms with Crippen molar-refractivity contribution in [1.29, 1.82) is 0 Å². The standard InChI is InChI=1S/C10H9BrF3NO3S/c1-4-3-5(19-6(4)11)7(16)15-9(2,8(17)18)10(12,13)14/h3H,1-2H3,(H,15,16)(H,17,18). The first kappa shape index (κ1) is 16.0. The number of thiophene rings is 1. The number of aryl methyl sites for hydroxylation is 1. The molecule has 1 aromatic heterocycles. The molecule has 0 fully saturated rings. The smallest absolute Gasteiger partial charge is 0.422 e. The number of carbonyl (C=O) groups is 2. The van der Waals surface area contributed by atoms with Crippen LogP contribution in [0.4, 0.5) is 13.2 Å². The van der Waals surface area contributed by atoms with Gasteiger partial charge in [-0.15, -0.1) is 11.3 Å². The van der Waals surface area contributed by atoms with Crippen LogP contribution in [0, 0.1) is 6.92 Å². The number of halogens is 4. The van der Waals surface area contributed by atoms with Gasteiger partial charge < -0.3 is 10.4 Å². The van der Waals surface area contributed by atoms with Crippen LogP contribution < -0.4 is 5.32 Å². The van der Waals surface area contributed by atoms with Crippen molar-refractivity contribution in [1.82, 2.24) is 5.32 Å². The van der Waals surface area contributed by atoms with Gasteiger partial charge in [-0.05, 0) is 41.4 Å². The largest absolute Gasteiger partial charge is 0.479 e. The van der Waals surface area contributed by atoms with E-state index in [4.69, 9.17) is 5.11 Å². The zero-order chi connectivity index (χ0) is 15.0. The summed E-state index contributed by atoms with van der Waals surface area (Å²) >= 11 is 4.06. The highest BCUT2D eigenvalue weighted by Crippen LogP contribution is 2.32. The lowest BCUT2D eigenvalue weighted by molar-refractivity contribution is -0.203. The molecular formula is C10H9BrF3NO3S. The lowest BCUT2D eigenvalue weighted by Gasteiger charge is -2.28. The van der Waals surface area contributed by atoms with Crippen LogP contribution in [0.1, 0.15) is 22.2 Å². The Morgan fingerprint density at radius 2 is 1.95 bits per heavy atom. The summed E-state index contributed by atoms with van der Waals surface area (Å²) in [4.78, 5) is 22.5. The maximum Gasteiger partial charge on any atom is 0.422 e. The van der Waals surface area contributed by atoms with Crippen LogP contribution in [0.25, 0.3) is 0 Å². The Morgan fingerprint density at radius 3 is 2.26 bits per heavy atom. The summed E-state index contributed by atoms with van der Waals surface area (Å²) in [6.07, 6.45) is -5.10. The van der Waals surface area contributed by atoms with Gasteiger partial charge in [0.15, 0.2) is 0 Å². The maximum absolute atomic E-state index is 12.7. The summed E-state index contributed by atoms with van der Waals surface area (Å²) in [5.41, 5.74) is -2.65. The molecular weight excluding hydrogens is 351 g/mol. The summed E-state index contributed by atoms with van der Waals surface area (Å²) in [5.74, 6) is -3.25. The molecule has 0 aliphatic carbocycles. The third-order valence-electron chi connectivity index (χ3n) is 2.44. The van der Waals surface area contributed by atoms with E-state index in [2.05, 4.69) is 15.9 Å². The van der Waals surface area contributed by atoms with E-state index in [1.807, 2.05) is 0 Å². The number of nitrogens with one attached hydrogen (secondary N) is 1. The molecule has 9 heteroatoms. The zero-order valence-electron chi connectivity index (χ0n) is 9.76. The van der Waals surface area contributed by atoms with Crippen molar-refractivity contribution in [3.63, 3.8) is 0 Å². The highest BCUT2D eigenvalue weighted by molar-refractivity contribution is 9.11. The van der Waals surface area contributed by atoms with Gasteiger partial charge in [-0.25, -0.2) is 4.79 Å². The first-order chi connectivity index (χ1) is 8.49. The normalized spacial score (nSPS) is 14.8. The van der Waals surface area contributed by atoms with Gasteiger partial charge >= 0.3 is 12.1 Å². The Labute approximate surface area is 118 Å². The zero-order valence-corrected chi connectivity index (χ0v) is 12.2. The van der Waals surface area contributed by atoms with Gasteiger partial charge in [-0.3, -0.25) is 4.79 Å². The Hall–Kier alpha value is -1.09. The highest BCUT2D eigenvalue weighted by atomic mass is 79.9. The van der Waals surface area contributed by atoms with Gasteiger partial charge in [0.2, 0.25) is 5.54 Å². The number of amides is 1. The second-order valence-electron chi connectivity index (χ2n) is 3.95. The number of carboxylic acids is 1. The summed E-state index contributed by atoms with van der Waals surface area (Å²) in [6.45, 7) is 2.07. The van der Waals surface area contributed by atoms with E-state index in [0.717, 1.165) is 11.3 Å². The third kappa shape index (κ3) is 3.08. The molecule has 0 saturated carbocycles. The Morgan fingerprint density at radius 1 is 1.42 bits per heavy atom. The maximum atomic E-state index is 12.7. The van der Waals surface area contributed by atoms with E-state index >= 15 is 0 Å². The van der Waals surface area contributed by atoms with Crippen molar-refractivity contribution < 1.29 is 27.9 Å². The van der Waals surface area contributed by atoms with Crippen molar-refractivity contribution in [3.05, 3.63) is 20.3 Å². The average Bonchev–Trinajstić information content (AvgIpc) is 2.57. The van der Waals surface area contributed by atoms with Crippen LogP contribution >= 0.6 is 27.3 Å². The van der Waals surface area contributed by atoms with E-state index in [1.165, 1.54) is 11.4 Å². The molecule has 0 saturated heterocycles. The van der Waals surface area contributed by atoms with Gasteiger partial charge in [-0.2, -0.15) is 13.2 Å². The fourth-order valence-electron chi connectivity index (χ4n) is 1.11. The molecule has 4 nitrogen and oxygen atoms in total. The molecule has 1 aromatic rings. The number of hydrogen-bond donors (Lipinski definition) is 2. The average molecular weight is 360 g/mol. The van der Waals surface area contributed by atoms with E-state index in [0.29, 0.717) is 16.3 Å². The number of aliphatic carboxylic acids is 1. The van der Waals surface area contributed by atoms with Crippen LogP contribution in [0.2, 0.25) is 0 Å². The molecule has 0 spiro atoms. The molecule has 2 N–H and O–H groups in total. The van der Waals surface area contributed by atoms with E-state index in [1.54, 1.807) is 6.92 Å².